The van der Waals surface area contributed by atoms with Crippen molar-refractivity contribution < 1.29 is 17.9 Å². The SMILES string of the molecule is Cc1cc(C)c(N(CC(=O)NCc2cccc(CN3CCOCC3)c2)S(C)(=O)=O)c(C)c1. The lowest BCUT2D eigenvalue weighted by molar-refractivity contribution is -0.119. The first-order valence-corrected chi connectivity index (χ1v) is 12.7. The van der Waals surface area contributed by atoms with Crippen LogP contribution in [0.25, 0.3) is 0 Å². The molecular weight excluding hydrogens is 426 g/mol. The van der Waals surface area contributed by atoms with Crippen LogP contribution in [0.1, 0.15) is 27.8 Å². The topological polar surface area (TPSA) is 79.0 Å². The molecule has 174 valence electrons. The smallest absolute Gasteiger partial charge is 0.241 e. The number of morpholine rings is 1. The minimum absolute atomic E-state index is 0.253. The summed E-state index contributed by atoms with van der Waals surface area (Å²) in [6.07, 6.45) is 1.13. The van der Waals surface area contributed by atoms with E-state index < -0.39 is 10.0 Å². The Labute approximate surface area is 191 Å². The third-order valence-electron chi connectivity index (χ3n) is 5.56. The van der Waals surface area contributed by atoms with Crippen LogP contribution in [0.15, 0.2) is 36.4 Å². The number of hydrogen-bond donors (Lipinski definition) is 1. The molecule has 32 heavy (non-hydrogen) atoms. The van der Waals surface area contributed by atoms with Crippen LogP contribution in [-0.4, -0.2) is 58.3 Å². The van der Waals surface area contributed by atoms with Gasteiger partial charge in [0.1, 0.15) is 6.54 Å². The molecule has 1 N–H and O–H groups in total. The highest BCUT2D eigenvalue weighted by Crippen LogP contribution is 2.28. The van der Waals surface area contributed by atoms with Crippen molar-refractivity contribution in [3.05, 3.63) is 64.2 Å². The van der Waals surface area contributed by atoms with Gasteiger partial charge in [-0.3, -0.25) is 14.0 Å². The van der Waals surface area contributed by atoms with Crippen molar-refractivity contribution in [3.63, 3.8) is 0 Å². The van der Waals surface area contributed by atoms with E-state index in [4.69, 9.17) is 4.74 Å². The Bertz CT molecular complexity index is 1040. The Morgan fingerprint density at radius 3 is 2.31 bits per heavy atom. The Morgan fingerprint density at radius 2 is 1.69 bits per heavy atom. The quantitative estimate of drug-likeness (QED) is 0.656. The highest BCUT2D eigenvalue weighted by molar-refractivity contribution is 7.92. The summed E-state index contributed by atoms with van der Waals surface area (Å²) in [5.41, 5.74) is 5.45. The lowest BCUT2D eigenvalue weighted by atomic mass is 10.1. The summed E-state index contributed by atoms with van der Waals surface area (Å²) in [6, 6.07) is 12.0. The normalized spacial score (nSPS) is 14.9. The fourth-order valence-corrected chi connectivity index (χ4v) is 5.14. The van der Waals surface area contributed by atoms with Gasteiger partial charge in [0.05, 0.1) is 25.2 Å². The Hall–Kier alpha value is -2.42. The van der Waals surface area contributed by atoms with Crippen LogP contribution in [0, 0.1) is 20.8 Å². The minimum atomic E-state index is -3.62. The van der Waals surface area contributed by atoms with E-state index in [0.29, 0.717) is 12.2 Å². The monoisotopic (exact) mass is 459 g/mol. The molecule has 1 aliphatic rings. The lowest BCUT2D eigenvalue weighted by Gasteiger charge is -2.26. The molecule has 0 atom stereocenters. The van der Waals surface area contributed by atoms with Gasteiger partial charge in [-0.2, -0.15) is 0 Å². The summed E-state index contributed by atoms with van der Waals surface area (Å²) in [7, 11) is -3.62. The second kappa shape index (κ2) is 10.5. The van der Waals surface area contributed by atoms with Crippen LogP contribution in [0.2, 0.25) is 0 Å². The highest BCUT2D eigenvalue weighted by atomic mass is 32.2. The van der Waals surface area contributed by atoms with Gasteiger partial charge >= 0.3 is 0 Å². The first-order chi connectivity index (χ1) is 15.1. The van der Waals surface area contributed by atoms with Gasteiger partial charge in [0.15, 0.2) is 0 Å². The largest absolute Gasteiger partial charge is 0.379 e. The highest BCUT2D eigenvalue weighted by Gasteiger charge is 2.24. The first-order valence-electron chi connectivity index (χ1n) is 10.8. The van der Waals surface area contributed by atoms with Gasteiger partial charge in [-0.05, 0) is 43.0 Å². The number of hydrogen-bond acceptors (Lipinski definition) is 5. The molecule has 1 fully saturated rings. The van der Waals surface area contributed by atoms with Gasteiger partial charge in [-0.25, -0.2) is 8.42 Å². The number of ether oxygens (including phenoxy) is 1. The van der Waals surface area contributed by atoms with Crippen LogP contribution >= 0.6 is 0 Å². The number of nitrogens with one attached hydrogen (secondary N) is 1. The fourth-order valence-electron chi connectivity index (χ4n) is 4.17. The van der Waals surface area contributed by atoms with Gasteiger partial charge in [0, 0.05) is 26.2 Å². The molecule has 0 radical (unpaired) electrons. The second-order valence-electron chi connectivity index (χ2n) is 8.50. The number of benzene rings is 2. The molecule has 1 aliphatic heterocycles. The molecule has 2 aromatic rings. The van der Waals surface area contributed by atoms with Gasteiger partial charge in [-0.1, -0.05) is 42.0 Å². The second-order valence-corrected chi connectivity index (χ2v) is 10.4. The molecule has 0 saturated carbocycles. The van der Waals surface area contributed by atoms with Gasteiger partial charge in [0.25, 0.3) is 0 Å². The van der Waals surface area contributed by atoms with E-state index in [0.717, 1.165) is 61.4 Å². The zero-order valence-electron chi connectivity index (χ0n) is 19.3. The van der Waals surface area contributed by atoms with E-state index in [2.05, 4.69) is 22.3 Å². The van der Waals surface area contributed by atoms with Crippen LogP contribution in [0.4, 0.5) is 5.69 Å². The van der Waals surface area contributed by atoms with Crippen molar-refractivity contribution in [1.82, 2.24) is 10.2 Å². The minimum Gasteiger partial charge on any atom is -0.379 e. The van der Waals surface area contributed by atoms with E-state index in [1.54, 1.807) is 0 Å². The predicted molar refractivity (Wildman–Crippen MR) is 127 cm³/mol. The summed E-state index contributed by atoms with van der Waals surface area (Å²) >= 11 is 0. The molecule has 3 rings (SSSR count). The average Bonchev–Trinajstić information content (AvgIpc) is 2.71. The summed E-state index contributed by atoms with van der Waals surface area (Å²) in [5, 5.41) is 2.87. The third kappa shape index (κ3) is 6.54. The number of carbonyl (C=O) groups excluding carboxylic acids is 1. The van der Waals surface area contributed by atoms with Crippen LogP contribution in [0.3, 0.4) is 0 Å². The van der Waals surface area contributed by atoms with Crippen molar-refractivity contribution in [2.24, 2.45) is 0 Å². The summed E-state index contributed by atoms with van der Waals surface area (Å²) in [4.78, 5) is 15.0. The van der Waals surface area contributed by atoms with E-state index in [1.165, 1.54) is 9.87 Å². The number of rotatable bonds is 8. The Balaban J connectivity index is 1.66. The molecule has 0 unspecified atom stereocenters. The molecule has 0 bridgehead atoms. The number of carbonyl (C=O) groups is 1. The number of nitrogens with zero attached hydrogens (tertiary/aromatic N) is 2. The standard InChI is InChI=1S/C24H33N3O4S/c1-18-12-19(2)24(20(3)13-18)27(32(4,29)30)17-23(28)25-15-21-6-5-7-22(14-21)16-26-8-10-31-11-9-26/h5-7,12-14H,8-11,15-17H2,1-4H3,(H,25,28). The maximum absolute atomic E-state index is 12.7. The van der Waals surface area contributed by atoms with Gasteiger partial charge in [0.2, 0.25) is 15.9 Å². The molecule has 1 amide bonds. The van der Waals surface area contributed by atoms with Crippen molar-refractivity contribution >= 4 is 21.6 Å². The zero-order valence-corrected chi connectivity index (χ0v) is 20.2. The van der Waals surface area contributed by atoms with Crippen molar-refractivity contribution in [2.75, 3.05) is 43.4 Å². The maximum atomic E-state index is 12.7. The molecule has 1 heterocycles. The zero-order chi connectivity index (χ0) is 23.3. The van der Waals surface area contributed by atoms with Gasteiger partial charge in [-0.15, -0.1) is 0 Å². The molecule has 2 aromatic carbocycles. The Morgan fingerprint density at radius 1 is 1.06 bits per heavy atom. The van der Waals surface area contributed by atoms with Crippen LogP contribution in [-0.2, 0) is 32.6 Å². The lowest BCUT2D eigenvalue weighted by Crippen LogP contribution is -2.40. The number of sulfonamides is 1. The van der Waals surface area contributed by atoms with Crippen molar-refractivity contribution in [3.8, 4) is 0 Å². The fraction of sp³-hybridized carbons (Fsp3) is 0.458. The molecule has 0 aliphatic carbocycles. The van der Waals surface area contributed by atoms with Crippen LogP contribution in [0.5, 0.6) is 0 Å². The van der Waals surface area contributed by atoms with E-state index in [9.17, 15) is 13.2 Å². The molecule has 1 saturated heterocycles. The average molecular weight is 460 g/mol. The molecule has 0 spiro atoms. The van der Waals surface area contributed by atoms with Gasteiger partial charge < -0.3 is 10.1 Å². The van der Waals surface area contributed by atoms with Crippen molar-refractivity contribution in [2.45, 2.75) is 33.9 Å². The first kappa shape index (κ1) is 24.2. The Kier molecular flexibility index (Phi) is 7.92. The molecular formula is C24H33N3O4S. The number of amides is 1. The number of anilines is 1. The van der Waals surface area contributed by atoms with E-state index >= 15 is 0 Å². The summed E-state index contributed by atoms with van der Waals surface area (Å²) < 4.78 is 31.6. The van der Waals surface area contributed by atoms with E-state index in [1.807, 2.05) is 45.0 Å². The summed E-state index contributed by atoms with van der Waals surface area (Å²) in [5.74, 6) is -0.339. The van der Waals surface area contributed by atoms with Crippen LogP contribution < -0.4 is 9.62 Å². The molecule has 8 heteroatoms. The van der Waals surface area contributed by atoms with Crippen molar-refractivity contribution in [1.29, 1.82) is 0 Å². The number of aryl methyl sites for hydroxylation is 3. The summed E-state index contributed by atoms with van der Waals surface area (Å²) in [6.45, 7) is 9.99. The predicted octanol–water partition coefficient (Wildman–Crippen LogP) is 2.53. The molecule has 0 aromatic heterocycles. The van der Waals surface area contributed by atoms with E-state index in [-0.39, 0.29) is 12.5 Å². The molecule has 7 nitrogen and oxygen atoms in total. The third-order valence-corrected chi connectivity index (χ3v) is 6.68. The maximum Gasteiger partial charge on any atom is 0.241 e.